The maximum Gasteiger partial charge on any atom is 0.305 e. The van der Waals surface area contributed by atoms with Gasteiger partial charge in [-0.1, -0.05) is 63.3 Å². The zero-order chi connectivity index (χ0) is 25.0. The molecule has 0 fully saturated rings. The second kappa shape index (κ2) is 27.5. The van der Waals surface area contributed by atoms with Crippen molar-refractivity contribution < 1.29 is 28.9 Å². The minimum atomic E-state index is -0.868. The highest BCUT2D eigenvalue weighted by Gasteiger charge is 2.01. The number of unbranched alkanes of at least 4 members (excludes halogenated alkanes) is 8. The first kappa shape index (κ1) is 32.3. The van der Waals surface area contributed by atoms with E-state index in [-0.39, 0.29) is 18.9 Å². The van der Waals surface area contributed by atoms with Crippen molar-refractivity contribution in [2.75, 3.05) is 46.2 Å². The lowest BCUT2D eigenvalue weighted by Gasteiger charge is -2.07. The fourth-order valence-electron chi connectivity index (χ4n) is 3.15. The van der Waals surface area contributed by atoms with Crippen LogP contribution in [0.2, 0.25) is 0 Å². The topological polar surface area (TPSA) is 94.1 Å². The van der Waals surface area contributed by atoms with Gasteiger partial charge in [-0.3, -0.25) is 9.59 Å². The lowest BCUT2D eigenvalue weighted by atomic mass is 10.1. The van der Waals surface area contributed by atoms with Crippen LogP contribution in [-0.2, 0) is 23.8 Å². The van der Waals surface area contributed by atoms with Crippen LogP contribution in [0, 0.1) is 0 Å². The molecule has 0 bridgehead atoms. The first-order valence-corrected chi connectivity index (χ1v) is 13.2. The van der Waals surface area contributed by atoms with Crippen LogP contribution in [0.4, 0.5) is 0 Å². The van der Waals surface area contributed by atoms with Crippen molar-refractivity contribution >= 4 is 11.9 Å². The molecule has 0 heterocycles. The van der Waals surface area contributed by atoms with Gasteiger partial charge >= 0.3 is 5.97 Å². The van der Waals surface area contributed by atoms with E-state index in [9.17, 15) is 9.59 Å². The molecule has 0 unspecified atom stereocenters. The molecule has 7 nitrogen and oxygen atoms in total. The summed E-state index contributed by atoms with van der Waals surface area (Å²) in [5.41, 5.74) is 0. The number of carboxylic acid groups (broad SMARTS) is 1. The van der Waals surface area contributed by atoms with Gasteiger partial charge in [-0.2, -0.15) is 0 Å². The molecule has 0 aromatic carbocycles. The van der Waals surface area contributed by atoms with Crippen molar-refractivity contribution in [3.05, 3.63) is 24.3 Å². The van der Waals surface area contributed by atoms with Gasteiger partial charge in [-0.05, 0) is 38.5 Å². The summed E-state index contributed by atoms with van der Waals surface area (Å²) in [7, 11) is 0. The van der Waals surface area contributed by atoms with Crippen LogP contribution < -0.4 is 5.32 Å². The number of nitrogens with one attached hydrogen (secondary N) is 1. The second-order valence-electron chi connectivity index (χ2n) is 8.31. The Labute approximate surface area is 207 Å². The number of amides is 1. The van der Waals surface area contributed by atoms with Gasteiger partial charge in [0.2, 0.25) is 5.91 Å². The standard InChI is InChI=1S/C27H49NO6/c1-2-3-4-5-6-7-8-9-10-11-12-13-14-15-16-17-26(29)28-19-21-33-23-25-34-24-22-32-20-18-27(30)31/h6-7,9-10H,2-5,8,11-25H2,1H3,(H,28,29)(H,30,31)/b7-6-,10-9-. The van der Waals surface area contributed by atoms with Crippen LogP contribution in [0.15, 0.2) is 24.3 Å². The molecule has 0 rings (SSSR count). The third kappa shape index (κ3) is 28.3. The average molecular weight is 484 g/mol. The first-order valence-electron chi connectivity index (χ1n) is 13.2. The molecule has 0 radical (unpaired) electrons. The molecule has 0 aliphatic carbocycles. The monoisotopic (exact) mass is 483 g/mol. The number of rotatable bonds is 26. The van der Waals surface area contributed by atoms with E-state index in [1.165, 1.54) is 44.9 Å². The average Bonchev–Trinajstić information content (AvgIpc) is 2.82. The van der Waals surface area contributed by atoms with E-state index < -0.39 is 5.97 Å². The van der Waals surface area contributed by atoms with Gasteiger partial charge in [0.15, 0.2) is 0 Å². The summed E-state index contributed by atoms with van der Waals surface area (Å²) in [5.74, 6) is -0.781. The molecule has 7 heteroatoms. The maximum atomic E-state index is 11.8. The number of hydrogen-bond acceptors (Lipinski definition) is 5. The summed E-state index contributed by atoms with van der Waals surface area (Å²) < 4.78 is 15.8. The van der Waals surface area contributed by atoms with E-state index in [1.54, 1.807) is 0 Å². The quantitative estimate of drug-likeness (QED) is 0.126. The third-order valence-corrected chi connectivity index (χ3v) is 5.13. The lowest BCUT2D eigenvalue weighted by molar-refractivity contribution is -0.138. The molecule has 2 N–H and O–H groups in total. The molecule has 0 spiro atoms. The predicted molar refractivity (Wildman–Crippen MR) is 137 cm³/mol. The largest absolute Gasteiger partial charge is 0.481 e. The molecule has 0 aromatic rings. The Hall–Kier alpha value is -1.70. The zero-order valence-corrected chi connectivity index (χ0v) is 21.4. The van der Waals surface area contributed by atoms with Crippen molar-refractivity contribution in [2.45, 2.75) is 90.4 Å². The fraction of sp³-hybridized carbons (Fsp3) is 0.778. The van der Waals surface area contributed by atoms with Crippen molar-refractivity contribution in [3.63, 3.8) is 0 Å². The number of carboxylic acids is 1. The van der Waals surface area contributed by atoms with E-state index in [0.29, 0.717) is 46.0 Å². The van der Waals surface area contributed by atoms with Crippen LogP contribution in [0.25, 0.3) is 0 Å². The Morgan fingerprint density at radius 2 is 1.24 bits per heavy atom. The van der Waals surface area contributed by atoms with Crippen LogP contribution in [0.3, 0.4) is 0 Å². The summed E-state index contributed by atoms with van der Waals surface area (Å²) in [6.45, 7) is 5.09. The van der Waals surface area contributed by atoms with Crippen molar-refractivity contribution in [1.82, 2.24) is 5.32 Å². The molecule has 34 heavy (non-hydrogen) atoms. The predicted octanol–water partition coefficient (Wildman–Crippen LogP) is 5.44. The van der Waals surface area contributed by atoms with Gasteiger partial charge in [-0.15, -0.1) is 0 Å². The molecule has 0 aliphatic heterocycles. The van der Waals surface area contributed by atoms with Crippen molar-refractivity contribution in [3.8, 4) is 0 Å². The Morgan fingerprint density at radius 1 is 0.676 bits per heavy atom. The normalized spacial score (nSPS) is 11.6. The summed E-state index contributed by atoms with van der Waals surface area (Å²) in [4.78, 5) is 22.1. The highest BCUT2D eigenvalue weighted by Crippen LogP contribution is 2.08. The highest BCUT2D eigenvalue weighted by molar-refractivity contribution is 5.75. The summed E-state index contributed by atoms with van der Waals surface area (Å²) >= 11 is 0. The van der Waals surface area contributed by atoms with Crippen LogP contribution in [0.5, 0.6) is 0 Å². The van der Waals surface area contributed by atoms with E-state index in [4.69, 9.17) is 19.3 Å². The molecule has 0 aliphatic rings. The SMILES string of the molecule is CCCCC/C=C\C/C=C\CCCCCCCC(=O)NCCOCCOCCOCCC(=O)O. The number of carbonyl (C=O) groups is 2. The smallest absolute Gasteiger partial charge is 0.305 e. The minimum Gasteiger partial charge on any atom is -0.481 e. The van der Waals surface area contributed by atoms with E-state index in [2.05, 4.69) is 36.5 Å². The van der Waals surface area contributed by atoms with Crippen molar-refractivity contribution in [1.29, 1.82) is 0 Å². The Kier molecular flexibility index (Phi) is 26.2. The summed E-state index contributed by atoms with van der Waals surface area (Å²) in [6, 6.07) is 0. The number of hydrogen-bond donors (Lipinski definition) is 2. The van der Waals surface area contributed by atoms with Gasteiger partial charge in [0, 0.05) is 13.0 Å². The minimum absolute atomic E-state index is 0.00437. The number of allylic oxidation sites excluding steroid dienone is 4. The Morgan fingerprint density at radius 3 is 1.88 bits per heavy atom. The van der Waals surface area contributed by atoms with Gasteiger partial charge in [0.05, 0.1) is 46.1 Å². The third-order valence-electron chi connectivity index (χ3n) is 5.13. The molecular formula is C27H49NO6. The molecule has 0 saturated carbocycles. The van der Waals surface area contributed by atoms with Crippen LogP contribution in [-0.4, -0.2) is 63.2 Å². The summed E-state index contributed by atoms with van der Waals surface area (Å²) in [6.07, 6.45) is 22.7. The summed E-state index contributed by atoms with van der Waals surface area (Å²) in [5, 5.41) is 11.3. The fourth-order valence-corrected chi connectivity index (χ4v) is 3.15. The van der Waals surface area contributed by atoms with E-state index in [1.807, 2.05) is 0 Å². The molecule has 0 atom stereocenters. The number of carbonyl (C=O) groups excluding carboxylic acids is 1. The Balaban J connectivity index is 3.25. The van der Waals surface area contributed by atoms with E-state index >= 15 is 0 Å². The zero-order valence-electron chi connectivity index (χ0n) is 21.4. The van der Waals surface area contributed by atoms with E-state index in [0.717, 1.165) is 25.7 Å². The number of aliphatic carboxylic acids is 1. The first-order chi connectivity index (χ1) is 16.7. The van der Waals surface area contributed by atoms with Gasteiger partial charge < -0.3 is 24.6 Å². The lowest BCUT2D eigenvalue weighted by Crippen LogP contribution is -2.27. The van der Waals surface area contributed by atoms with Gasteiger partial charge in [-0.25, -0.2) is 0 Å². The molecular weight excluding hydrogens is 434 g/mol. The van der Waals surface area contributed by atoms with Gasteiger partial charge in [0.25, 0.3) is 0 Å². The molecule has 198 valence electrons. The van der Waals surface area contributed by atoms with Gasteiger partial charge in [0.1, 0.15) is 0 Å². The van der Waals surface area contributed by atoms with Crippen molar-refractivity contribution in [2.24, 2.45) is 0 Å². The maximum absolute atomic E-state index is 11.8. The molecule has 0 saturated heterocycles. The second-order valence-corrected chi connectivity index (χ2v) is 8.31. The van der Waals surface area contributed by atoms with Crippen LogP contribution >= 0.6 is 0 Å². The number of ether oxygens (including phenoxy) is 3. The molecule has 0 aromatic heterocycles. The van der Waals surface area contributed by atoms with Crippen LogP contribution in [0.1, 0.15) is 90.4 Å². The highest BCUT2D eigenvalue weighted by atomic mass is 16.5. The Bertz CT molecular complexity index is 521. The molecule has 1 amide bonds.